The SMILES string of the molecule is C#CCOc1cccc(-n2c(C(C)Nc3ncnc4nc[nH]c34)nc3cccc(C)c3c2=O)c1. The van der Waals surface area contributed by atoms with E-state index in [9.17, 15) is 4.79 Å². The number of aryl methyl sites for hydroxylation is 1. The Morgan fingerprint density at radius 1 is 1.21 bits per heavy atom. The minimum atomic E-state index is -0.394. The maximum Gasteiger partial charge on any atom is 0.266 e. The Balaban J connectivity index is 1.68. The molecule has 2 aromatic carbocycles. The molecule has 1 unspecified atom stereocenters. The van der Waals surface area contributed by atoms with Crippen molar-refractivity contribution in [1.29, 1.82) is 0 Å². The summed E-state index contributed by atoms with van der Waals surface area (Å²) in [5.41, 5.74) is 3.14. The van der Waals surface area contributed by atoms with Crippen LogP contribution in [0.2, 0.25) is 0 Å². The van der Waals surface area contributed by atoms with Gasteiger partial charge < -0.3 is 15.0 Å². The first-order valence-corrected chi connectivity index (χ1v) is 10.7. The third-order valence-electron chi connectivity index (χ3n) is 5.49. The molecule has 0 aliphatic carbocycles. The van der Waals surface area contributed by atoms with E-state index in [1.54, 1.807) is 23.0 Å². The summed E-state index contributed by atoms with van der Waals surface area (Å²) in [7, 11) is 0. The number of rotatable bonds is 6. The van der Waals surface area contributed by atoms with Crippen LogP contribution in [-0.4, -0.2) is 36.1 Å². The second-order valence-corrected chi connectivity index (χ2v) is 7.76. The number of aromatic nitrogens is 6. The smallest absolute Gasteiger partial charge is 0.266 e. The minimum Gasteiger partial charge on any atom is -0.481 e. The molecule has 0 bridgehead atoms. The fraction of sp³-hybridized carbons (Fsp3) is 0.160. The average Bonchev–Trinajstić information content (AvgIpc) is 3.33. The number of fused-ring (bicyclic) bond motifs is 2. The molecular formula is C25H21N7O2. The first-order valence-electron chi connectivity index (χ1n) is 10.7. The predicted molar refractivity (Wildman–Crippen MR) is 130 cm³/mol. The molecule has 34 heavy (non-hydrogen) atoms. The fourth-order valence-corrected chi connectivity index (χ4v) is 3.93. The molecule has 0 saturated carbocycles. The highest BCUT2D eigenvalue weighted by Crippen LogP contribution is 2.25. The Morgan fingerprint density at radius 2 is 2.06 bits per heavy atom. The van der Waals surface area contributed by atoms with Crippen molar-refractivity contribution in [1.82, 2.24) is 29.5 Å². The molecule has 0 amide bonds. The van der Waals surface area contributed by atoms with Gasteiger partial charge in [0.15, 0.2) is 11.5 Å². The van der Waals surface area contributed by atoms with Gasteiger partial charge in [-0.15, -0.1) is 6.42 Å². The van der Waals surface area contributed by atoms with Crippen molar-refractivity contribution in [3.05, 3.63) is 76.9 Å². The van der Waals surface area contributed by atoms with Crippen molar-refractivity contribution in [3.63, 3.8) is 0 Å². The van der Waals surface area contributed by atoms with Gasteiger partial charge >= 0.3 is 0 Å². The molecule has 2 N–H and O–H groups in total. The monoisotopic (exact) mass is 451 g/mol. The topological polar surface area (TPSA) is 111 Å². The molecule has 5 rings (SSSR count). The molecule has 0 radical (unpaired) electrons. The van der Waals surface area contributed by atoms with Crippen molar-refractivity contribution in [3.8, 4) is 23.8 Å². The molecule has 3 aromatic heterocycles. The lowest BCUT2D eigenvalue weighted by Gasteiger charge is -2.21. The number of benzene rings is 2. The van der Waals surface area contributed by atoms with E-state index >= 15 is 0 Å². The number of H-pyrrole nitrogens is 1. The Kier molecular flexibility index (Phi) is 5.40. The number of terminal acetylenes is 1. The summed E-state index contributed by atoms with van der Waals surface area (Å²) in [6.45, 7) is 3.95. The number of imidazole rings is 1. The van der Waals surface area contributed by atoms with Crippen molar-refractivity contribution < 1.29 is 4.74 Å². The molecule has 0 fully saturated rings. The van der Waals surface area contributed by atoms with E-state index in [0.29, 0.717) is 45.1 Å². The van der Waals surface area contributed by atoms with Crippen LogP contribution in [0.3, 0.4) is 0 Å². The van der Waals surface area contributed by atoms with Gasteiger partial charge in [-0.05, 0) is 37.6 Å². The summed E-state index contributed by atoms with van der Waals surface area (Å²) in [5.74, 6) is 4.10. The van der Waals surface area contributed by atoms with Gasteiger partial charge in [0.05, 0.1) is 29.0 Å². The van der Waals surface area contributed by atoms with Crippen molar-refractivity contribution >= 4 is 27.9 Å². The Hall–Kier alpha value is -4.71. The lowest BCUT2D eigenvalue weighted by atomic mass is 10.1. The summed E-state index contributed by atoms with van der Waals surface area (Å²) in [5, 5.41) is 3.91. The number of aromatic amines is 1. The average molecular weight is 451 g/mol. The molecule has 0 aliphatic heterocycles. The van der Waals surface area contributed by atoms with E-state index in [4.69, 9.17) is 16.1 Å². The minimum absolute atomic E-state index is 0.131. The van der Waals surface area contributed by atoms with Gasteiger partial charge in [-0.2, -0.15) is 0 Å². The standard InChI is InChI=1S/C25H21N7O2/c1-4-11-34-18-9-6-8-17(12-18)32-24(31-19-10-5-7-15(2)20(19)25(32)33)16(3)30-23-21-22(27-13-26-21)28-14-29-23/h1,5-10,12-14,16H,11H2,2-3H3,(H2,26,27,28,29,30). The second-order valence-electron chi connectivity index (χ2n) is 7.76. The van der Waals surface area contributed by atoms with Crippen LogP contribution in [0.25, 0.3) is 27.8 Å². The molecule has 3 heterocycles. The predicted octanol–water partition coefficient (Wildman–Crippen LogP) is 3.55. The molecule has 168 valence electrons. The first-order chi connectivity index (χ1) is 16.6. The lowest BCUT2D eigenvalue weighted by molar-refractivity contribution is 0.370. The van der Waals surface area contributed by atoms with Crippen LogP contribution in [0.1, 0.15) is 24.4 Å². The third-order valence-corrected chi connectivity index (χ3v) is 5.49. The number of nitrogens with zero attached hydrogens (tertiary/aromatic N) is 5. The molecule has 1 atom stereocenters. The summed E-state index contributed by atoms with van der Waals surface area (Å²) in [6.07, 6.45) is 8.33. The summed E-state index contributed by atoms with van der Waals surface area (Å²) < 4.78 is 7.19. The van der Waals surface area contributed by atoms with Crippen molar-refractivity contribution in [2.75, 3.05) is 11.9 Å². The quantitative estimate of drug-likeness (QED) is 0.380. The van der Waals surface area contributed by atoms with E-state index in [-0.39, 0.29) is 12.2 Å². The fourth-order valence-electron chi connectivity index (χ4n) is 3.93. The number of nitrogens with one attached hydrogen (secondary N) is 2. The zero-order valence-corrected chi connectivity index (χ0v) is 18.6. The number of hydrogen-bond donors (Lipinski definition) is 2. The zero-order valence-electron chi connectivity index (χ0n) is 18.6. The van der Waals surface area contributed by atoms with Crippen molar-refractivity contribution in [2.24, 2.45) is 0 Å². The van der Waals surface area contributed by atoms with Crippen LogP contribution in [0.5, 0.6) is 5.75 Å². The van der Waals surface area contributed by atoms with E-state index in [1.807, 2.05) is 44.2 Å². The van der Waals surface area contributed by atoms with Gasteiger partial charge in [0, 0.05) is 6.07 Å². The Bertz CT molecular complexity index is 1610. The molecule has 9 nitrogen and oxygen atoms in total. The number of ether oxygens (including phenoxy) is 1. The van der Waals surface area contributed by atoms with Crippen molar-refractivity contribution in [2.45, 2.75) is 19.9 Å². The van der Waals surface area contributed by atoms with Crippen LogP contribution < -0.4 is 15.6 Å². The summed E-state index contributed by atoms with van der Waals surface area (Å²) in [6, 6.07) is 12.5. The Morgan fingerprint density at radius 3 is 2.91 bits per heavy atom. The highest BCUT2D eigenvalue weighted by Gasteiger charge is 2.20. The Labute approximate surface area is 194 Å². The van der Waals surface area contributed by atoms with Crippen LogP contribution in [0.4, 0.5) is 5.82 Å². The molecule has 0 aliphatic rings. The molecule has 9 heteroatoms. The van der Waals surface area contributed by atoms with Gasteiger partial charge in [0.25, 0.3) is 5.56 Å². The lowest BCUT2D eigenvalue weighted by Crippen LogP contribution is -2.28. The van der Waals surface area contributed by atoms with Crippen LogP contribution in [0.15, 0.2) is 59.9 Å². The largest absolute Gasteiger partial charge is 0.481 e. The molecule has 0 saturated heterocycles. The zero-order chi connectivity index (χ0) is 23.7. The molecule has 5 aromatic rings. The summed E-state index contributed by atoms with van der Waals surface area (Å²) in [4.78, 5) is 34.4. The van der Waals surface area contributed by atoms with Gasteiger partial charge in [0.2, 0.25) is 0 Å². The van der Waals surface area contributed by atoms with E-state index in [1.165, 1.54) is 6.33 Å². The maximum atomic E-state index is 13.8. The highest BCUT2D eigenvalue weighted by atomic mass is 16.5. The maximum absolute atomic E-state index is 13.8. The van der Waals surface area contributed by atoms with Crippen LogP contribution in [-0.2, 0) is 0 Å². The van der Waals surface area contributed by atoms with Gasteiger partial charge in [-0.1, -0.05) is 24.1 Å². The van der Waals surface area contributed by atoms with Gasteiger partial charge in [-0.25, -0.2) is 19.9 Å². The normalized spacial score (nSPS) is 11.9. The number of anilines is 1. The summed E-state index contributed by atoms with van der Waals surface area (Å²) >= 11 is 0. The third kappa shape index (κ3) is 3.71. The van der Waals surface area contributed by atoms with Gasteiger partial charge in [0.1, 0.15) is 30.0 Å². The van der Waals surface area contributed by atoms with E-state index < -0.39 is 6.04 Å². The van der Waals surface area contributed by atoms with E-state index in [0.717, 1.165) is 5.56 Å². The van der Waals surface area contributed by atoms with Gasteiger partial charge in [-0.3, -0.25) is 9.36 Å². The first kappa shape index (κ1) is 21.2. The molecule has 0 spiro atoms. The highest BCUT2D eigenvalue weighted by molar-refractivity contribution is 5.83. The van der Waals surface area contributed by atoms with Crippen LogP contribution in [0, 0.1) is 19.3 Å². The van der Waals surface area contributed by atoms with Crippen LogP contribution >= 0.6 is 0 Å². The van der Waals surface area contributed by atoms with E-state index in [2.05, 4.69) is 31.2 Å². The number of hydrogen-bond acceptors (Lipinski definition) is 7. The second kappa shape index (κ2) is 8.67. The molecular weight excluding hydrogens is 430 g/mol.